The molecule has 0 saturated carbocycles. The first-order chi connectivity index (χ1) is 17.9. The number of ether oxygens (including phenoxy) is 1. The Bertz CT molecular complexity index is 920. The van der Waals surface area contributed by atoms with Gasteiger partial charge in [0.1, 0.15) is 11.5 Å². The topological polar surface area (TPSA) is 65.5 Å². The summed E-state index contributed by atoms with van der Waals surface area (Å²) in [6, 6.07) is 6.83. The van der Waals surface area contributed by atoms with Crippen LogP contribution in [0.1, 0.15) is 76.3 Å². The Morgan fingerprint density at radius 3 is 2.89 bits per heavy atom. The van der Waals surface area contributed by atoms with Crippen molar-refractivity contribution in [1.82, 2.24) is 14.9 Å². The molecule has 1 unspecified atom stereocenters. The fourth-order valence-corrected chi connectivity index (χ4v) is 6.43. The van der Waals surface area contributed by atoms with E-state index in [0.29, 0.717) is 19.7 Å². The van der Waals surface area contributed by atoms with Gasteiger partial charge < -0.3 is 9.84 Å². The Morgan fingerprint density at radius 1 is 1.35 bits per heavy atom. The third-order valence-electron chi connectivity index (χ3n) is 8.41. The molecule has 7 heteroatoms. The Morgan fingerprint density at radius 2 is 2.19 bits per heavy atom. The van der Waals surface area contributed by atoms with Crippen molar-refractivity contribution in [2.75, 3.05) is 45.9 Å². The highest BCUT2D eigenvalue weighted by Crippen LogP contribution is 2.42. The van der Waals surface area contributed by atoms with Crippen molar-refractivity contribution in [3.8, 4) is 5.75 Å². The summed E-state index contributed by atoms with van der Waals surface area (Å²) >= 11 is 0. The van der Waals surface area contributed by atoms with Gasteiger partial charge in [-0.1, -0.05) is 32.1 Å². The van der Waals surface area contributed by atoms with Crippen LogP contribution in [0.4, 0.5) is 0 Å². The lowest BCUT2D eigenvalue weighted by Gasteiger charge is -2.32. The molecule has 37 heavy (non-hydrogen) atoms. The molecule has 0 aromatic heterocycles. The number of fused-ring (bicyclic) bond motifs is 1. The van der Waals surface area contributed by atoms with Crippen LogP contribution in [0.5, 0.6) is 5.75 Å². The SMILES string of the molecule is C=C[C@@H]1[C@@H](c2ccc3c(c2)CCO3)CN(CC(=O)N(CCC)OCCC)[C@H]1CCCN1CCCC1(C)O. The number of likely N-dealkylation sites (tertiary alicyclic amines) is 2. The highest BCUT2D eigenvalue weighted by molar-refractivity contribution is 5.77. The Kier molecular flexibility index (Phi) is 9.67. The van der Waals surface area contributed by atoms with Crippen molar-refractivity contribution >= 4 is 5.91 Å². The smallest absolute Gasteiger partial charge is 0.260 e. The minimum Gasteiger partial charge on any atom is -0.493 e. The lowest BCUT2D eigenvalue weighted by atomic mass is 9.83. The van der Waals surface area contributed by atoms with Crippen molar-refractivity contribution in [3.05, 3.63) is 42.0 Å². The summed E-state index contributed by atoms with van der Waals surface area (Å²) < 4.78 is 5.74. The molecule has 4 rings (SSSR count). The van der Waals surface area contributed by atoms with Gasteiger partial charge in [-0.3, -0.25) is 19.4 Å². The van der Waals surface area contributed by atoms with E-state index >= 15 is 0 Å². The molecule has 1 amide bonds. The zero-order chi connectivity index (χ0) is 26.4. The molecule has 0 bridgehead atoms. The van der Waals surface area contributed by atoms with Crippen LogP contribution in [0, 0.1) is 5.92 Å². The van der Waals surface area contributed by atoms with Crippen LogP contribution in [0.3, 0.4) is 0 Å². The van der Waals surface area contributed by atoms with E-state index in [1.165, 1.54) is 11.1 Å². The normalized spacial score (nSPS) is 27.8. The van der Waals surface area contributed by atoms with Crippen molar-refractivity contribution in [3.63, 3.8) is 0 Å². The zero-order valence-electron chi connectivity index (χ0n) is 23.2. The number of amides is 1. The largest absolute Gasteiger partial charge is 0.493 e. The van der Waals surface area contributed by atoms with E-state index in [4.69, 9.17) is 9.57 Å². The van der Waals surface area contributed by atoms with Crippen molar-refractivity contribution in [2.24, 2.45) is 5.92 Å². The van der Waals surface area contributed by atoms with Crippen LogP contribution in [0.15, 0.2) is 30.9 Å². The fraction of sp³-hybridized carbons (Fsp3) is 0.700. The lowest BCUT2D eigenvalue weighted by Crippen LogP contribution is -2.44. The van der Waals surface area contributed by atoms with Gasteiger partial charge in [0.25, 0.3) is 5.91 Å². The van der Waals surface area contributed by atoms with E-state index in [1.54, 1.807) is 5.06 Å². The number of hydrogen-bond donors (Lipinski definition) is 1. The standard InChI is InChI=1S/C30H47N3O4/c1-5-15-33(37-18-6-2)29(34)22-31-21-26(23-11-12-28-24(20-23)13-19-36-28)25(7-3)27(31)10-8-16-32-17-9-14-30(32,4)35/h7,11-12,20,25-27,35H,3,5-6,8-10,13-19,21-22H2,1-2,4H3/t25-,26-,27+,30?/m1/s1. The second-order valence-electron chi connectivity index (χ2n) is 11.2. The number of hydrogen-bond acceptors (Lipinski definition) is 6. The second-order valence-corrected chi connectivity index (χ2v) is 11.2. The Labute approximate surface area is 223 Å². The highest BCUT2D eigenvalue weighted by Gasteiger charge is 2.42. The van der Waals surface area contributed by atoms with Crippen LogP contribution < -0.4 is 4.74 Å². The van der Waals surface area contributed by atoms with Crippen molar-refractivity contribution < 1.29 is 19.5 Å². The second kappa shape index (κ2) is 12.7. The van der Waals surface area contributed by atoms with Gasteiger partial charge in [0.2, 0.25) is 0 Å². The van der Waals surface area contributed by atoms with Crippen molar-refractivity contribution in [2.45, 2.75) is 83.4 Å². The summed E-state index contributed by atoms with van der Waals surface area (Å²) in [5.74, 6) is 1.57. The average Bonchev–Trinajstić information content (AvgIpc) is 3.58. The molecule has 0 spiro atoms. The predicted octanol–water partition coefficient (Wildman–Crippen LogP) is 4.36. The first kappa shape index (κ1) is 28.1. The van der Waals surface area contributed by atoms with E-state index in [2.05, 4.69) is 54.5 Å². The molecule has 2 fully saturated rings. The first-order valence-electron chi connectivity index (χ1n) is 14.4. The van der Waals surface area contributed by atoms with Crippen LogP contribution in [-0.2, 0) is 16.1 Å². The first-order valence-corrected chi connectivity index (χ1v) is 14.4. The molecule has 206 valence electrons. The van der Waals surface area contributed by atoms with E-state index in [0.717, 1.165) is 76.9 Å². The van der Waals surface area contributed by atoms with Crippen LogP contribution in [0.25, 0.3) is 0 Å². The molecule has 1 aromatic carbocycles. The molecule has 0 aliphatic carbocycles. The quantitative estimate of drug-likeness (QED) is 0.312. The summed E-state index contributed by atoms with van der Waals surface area (Å²) in [4.78, 5) is 23.8. The van der Waals surface area contributed by atoms with Gasteiger partial charge in [-0.05, 0) is 62.6 Å². The van der Waals surface area contributed by atoms with Crippen molar-refractivity contribution in [1.29, 1.82) is 0 Å². The fourth-order valence-electron chi connectivity index (χ4n) is 6.43. The van der Waals surface area contributed by atoms with E-state index in [9.17, 15) is 9.90 Å². The number of nitrogens with zero attached hydrogens (tertiary/aromatic N) is 3. The summed E-state index contributed by atoms with van der Waals surface area (Å²) in [5, 5.41) is 12.3. The molecule has 7 nitrogen and oxygen atoms in total. The van der Waals surface area contributed by atoms with Crippen LogP contribution in [-0.4, -0.2) is 83.6 Å². The Hall–Kier alpha value is -1.93. The van der Waals surface area contributed by atoms with Gasteiger partial charge in [-0.15, -0.1) is 6.58 Å². The molecule has 3 aliphatic heterocycles. The maximum atomic E-state index is 13.4. The van der Waals surface area contributed by atoms with Crippen LogP contribution in [0.2, 0.25) is 0 Å². The molecule has 3 heterocycles. The summed E-state index contributed by atoms with van der Waals surface area (Å²) in [6.07, 6.45) is 8.62. The maximum absolute atomic E-state index is 13.4. The Balaban J connectivity index is 1.51. The molecule has 1 aromatic rings. The highest BCUT2D eigenvalue weighted by atomic mass is 16.7. The monoisotopic (exact) mass is 513 g/mol. The van der Waals surface area contributed by atoms with Gasteiger partial charge in [0, 0.05) is 50.5 Å². The lowest BCUT2D eigenvalue weighted by molar-refractivity contribution is -0.188. The number of carbonyl (C=O) groups excluding carboxylic acids is 1. The predicted molar refractivity (Wildman–Crippen MR) is 146 cm³/mol. The summed E-state index contributed by atoms with van der Waals surface area (Å²) in [5.41, 5.74) is 1.89. The maximum Gasteiger partial charge on any atom is 0.260 e. The van der Waals surface area contributed by atoms with Gasteiger partial charge >= 0.3 is 0 Å². The number of hydroxylamine groups is 2. The number of benzene rings is 1. The minimum atomic E-state index is -0.699. The van der Waals surface area contributed by atoms with Crippen LogP contribution >= 0.6 is 0 Å². The van der Waals surface area contributed by atoms with E-state index in [1.807, 2.05) is 6.92 Å². The van der Waals surface area contributed by atoms with Gasteiger partial charge in [0.15, 0.2) is 0 Å². The molecular weight excluding hydrogens is 466 g/mol. The van der Waals surface area contributed by atoms with E-state index in [-0.39, 0.29) is 23.8 Å². The molecular formula is C30H47N3O4. The zero-order valence-corrected chi connectivity index (χ0v) is 23.2. The summed E-state index contributed by atoms with van der Waals surface area (Å²) in [7, 11) is 0. The molecule has 4 atom stereocenters. The van der Waals surface area contributed by atoms with Gasteiger partial charge in [-0.2, -0.15) is 0 Å². The third kappa shape index (κ3) is 6.56. The number of aliphatic hydroxyl groups is 1. The molecule has 1 N–H and O–H groups in total. The van der Waals surface area contributed by atoms with Gasteiger partial charge in [-0.25, -0.2) is 5.06 Å². The van der Waals surface area contributed by atoms with Gasteiger partial charge in [0.05, 0.1) is 19.8 Å². The third-order valence-corrected chi connectivity index (χ3v) is 8.41. The molecule has 2 saturated heterocycles. The summed E-state index contributed by atoms with van der Waals surface area (Å²) in [6.45, 7) is 15.2. The minimum absolute atomic E-state index is 0.0357. The molecule has 0 radical (unpaired) electrons. The van der Waals surface area contributed by atoms with E-state index < -0.39 is 5.72 Å². The molecule has 3 aliphatic rings. The average molecular weight is 514 g/mol. The number of rotatable bonds is 13. The number of carbonyl (C=O) groups is 1.